The molecule has 18 atom stereocenters. The lowest BCUT2D eigenvalue weighted by Gasteiger charge is -2.63. The molecule has 4 unspecified atom stereocenters. The minimum atomic E-state index is -2.30. The Balaban J connectivity index is 0.000000216. The minimum Gasteiger partial charge on any atom is -0.449 e. The lowest BCUT2D eigenvalue weighted by Crippen LogP contribution is -2.70. The number of thioether (sulfide) groups is 2. The van der Waals surface area contributed by atoms with Crippen LogP contribution >= 0.6 is 23.5 Å². The van der Waals surface area contributed by atoms with E-state index in [1.54, 1.807) is 41.5 Å². The highest BCUT2D eigenvalue weighted by atomic mass is 32.2. The SMILES string of the molecule is CCC(=O)O[C@]1(C(=O)SCC#CCF)[C@H](C)CC2C3C[C@H](F)C4=CC(=O)C=C[C@]4(C)[C@@]3(F)[C@@H](O)C[C@@]21C.CCC(=O)O[C@]1(C(=O)SCC#CCO)[C@H](C)CC2C3C[C@H](F)C4=CC(=O)C=C[C@]4(C)[C@@]3(F)[C@@H](O)C[C@@]21C. The van der Waals surface area contributed by atoms with Crippen molar-refractivity contribution >= 4 is 57.3 Å². The quantitative estimate of drug-likeness (QED) is 0.121. The molecule has 0 heterocycles. The van der Waals surface area contributed by atoms with Gasteiger partial charge < -0.3 is 24.8 Å². The third-order valence-corrected chi connectivity index (χ3v) is 20.7. The molecule has 6 fully saturated rings. The van der Waals surface area contributed by atoms with Crippen molar-refractivity contribution in [1.29, 1.82) is 0 Å². The average Bonchev–Trinajstić information content (AvgIpc) is 3.70. The van der Waals surface area contributed by atoms with Crippen LogP contribution in [0.15, 0.2) is 47.6 Å². The van der Waals surface area contributed by atoms with Crippen LogP contribution in [-0.4, -0.2) is 121 Å². The number of ketones is 2. The van der Waals surface area contributed by atoms with E-state index in [0.29, 0.717) is 6.42 Å². The Labute approximate surface area is 438 Å². The fourth-order valence-corrected chi connectivity index (χ4v) is 17.6. The largest absolute Gasteiger partial charge is 0.449 e. The predicted molar refractivity (Wildman–Crippen MR) is 268 cm³/mol. The van der Waals surface area contributed by atoms with Crippen LogP contribution in [0.25, 0.3) is 0 Å². The summed E-state index contributed by atoms with van der Waals surface area (Å²) in [7, 11) is 0. The standard InChI is InChI=1S/C28H33F3O5S.C28H34F2O6S/c1-5-23(34)36-28(24(35)37-11-7-6-10-29)16(2)12-18-19-14-21(30)20-13-17(32)8-9-25(20,3)27(19,31)22(33)15-26(18,28)4;1-5-23(34)36-28(24(35)37-11-7-6-10-31)16(2)12-18-19-14-21(29)20-13-17(32)8-9-25(20,3)27(19,30)22(33)15-26(18,28)4/h8-9,13,16,18-19,21-22,33H,5,10-12,14-15H2,1-4H3;8-9,13,16,18-19,21-22,31,33H,5,10-12,14-15H2,1-4H3/t2*16-,18?,19?,21+,22+,25+,26+,27+,28+/m11/s1. The summed E-state index contributed by atoms with van der Waals surface area (Å²) in [5, 5.41) is 31.0. The van der Waals surface area contributed by atoms with Crippen LogP contribution in [-0.2, 0) is 38.2 Å². The first-order valence-corrected chi connectivity index (χ1v) is 27.4. The van der Waals surface area contributed by atoms with Gasteiger partial charge in [-0.25, -0.2) is 22.0 Å². The number of fused-ring (bicyclic) bond motifs is 10. The molecule has 0 saturated heterocycles. The summed E-state index contributed by atoms with van der Waals surface area (Å²) in [6.07, 6.45) is 0.750. The van der Waals surface area contributed by atoms with Gasteiger partial charge in [-0.3, -0.25) is 28.8 Å². The van der Waals surface area contributed by atoms with Crippen LogP contribution in [0.5, 0.6) is 0 Å². The Hall–Kier alpha value is -4.07. The number of allylic oxidation sites excluding steroid dienone is 8. The number of rotatable bonds is 8. The Morgan fingerprint density at radius 2 is 1.03 bits per heavy atom. The van der Waals surface area contributed by atoms with E-state index < -0.39 is 145 Å². The summed E-state index contributed by atoms with van der Waals surface area (Å²) < 4.78 is 90.4. The number of aliphatic hydroxyl groups is 3. The van der Waals surface area contributed by atoms with E-state index in [1.165, 1.54) is 38.2 Å². The molecule has 0 aromatic carbocycles. The molecule has 0 radical (unpaired) electrons. The van der Waals surface area contributed by atoms with Crippen molar-refractivity contribution in [2.24, 2.45) is 57.2 Å². The molecule has 0 aromatic rings. The zero-order valence-electron chi connectivity index (χ0n) is 43.0. The smallest absolute Gasteiger partial charge is 0.306 e. The van der Waals surface area contributed by atoms with Crippen molar-refractivity contribution in [2.75, 3.05) is 24.8 Å². The fourth-order valence-electron chi connectivity index (χ4n) is 15.6. The molecule has 0 aliphatic heterocycles. The Kier molecular flexibility index (Phi) is 16.1. The highest BCUT2D eigenvalue weighted by molar-refractivity contribution is 8.14. The summed E-state index contributed by atoms with van der Waals surface area (Å²) >= 11 is 1.67. The van der Waals surface area contributed by atoms with Gasteiger partial charge in [0.25, 0.3) is 0 Å². The van der Waals surface area contributed by atoms with Gasteiger partial charge in [-0.05, 0) is 99.7 Å². The molecule has 8 aliphatic carbocycles. The van der Waals surface area contributed by atoms with Gasteiger partial charge in [0.15, 0.2) is 34.1 Å². The number of hydrogen-bond donors (Lipinski definition) is 3. The zero-order chi connectivity index (χ0) is 54.8. The third-order valence-electron chi connectivity index (χ3n) is 19.0. The van der Waals surface area contributed by atoms with Crippen molar-refractivity contribution < 1.29 is 75.5 Å². The molecule has 0 bridgehead atoms. The zero-order valence-corrected chi connectivity index (χ0v) is 44.7. The summed E-state index contributed by atoms with van der Waals surface area (Å²) in [5.74, 6) is 3.77. The second-order valence-corrected chi connectivity index (χ2v) is 24.2. The van der Waals surface area contributed by atoms with Gasteiger partial charge in [-0.2, -0.15) is 0 Å². The van der Waals surface area contributed by atoms with Crippen LogP contribution in [0, 0.1) is 80.8 Å². The van der Waals surface area contributed by atoms with Crippen molar-refractivity contribution in [3.63, 3.8) is 0 Å². The summed E-state index contributed by atoms with van der Waals surface area (Å²) in [4.78, 5) is 77.0. The summed E-state index contributed by atoms with van der Waals surface area (Å²) in [5.41, 5.74) is -13.3. The molecule has 0 spiro atoms. The Morgan fingerprint density at radius 3 is 1.38 bits per heavy atom. The molecular formula is C56H67F5O11S2. The lowest BCUT2D eigenvalue weighted by atomic mass is 9.44. The van der Waals surface area contributed by atoms with Crippen LogP contribution in [0.1, 0.15) is 107 Å². The van der Waals surface area contributed by atoms with Crippen molar-refractivity contribution in [1.82, 2.24) is 0 Å². The summed E-state index contributed by atoms with van der Waals surface area (Å²) in [6, 6.07) is 0. The number of carbonyl (C=O) groups is 6. The summed E-state index contributed by atoms with van der Waals surface area (Å²) in [6.45, 7) is 12.0. The second kappa shape index (κ2) is 20.7. The van der Waals surface area contributed by atoms with E-state index in [1.807, 2.05) is 0 Å². The molecule has 18 heteroatoms. The maximum Gasteiger partial charge on any atom is 0.306 e. The first-order chi connectivity index (χ1) is 34.7. The first-order valence-electron chi connectivity index (χ1n) is 25.5. The van der Waals surface area contributed by atoms with Crippen molar-refractivity contribution in [2.45, 2.75) is 154 Å². The molecule has 74 heavy (non-hydrogen) atoms. The number of halogens is 5. The number of aliphatic hydroxyl groups excluding tert-OH is 3. The number of alkyl halides is 5. The van der Waals surface area contributed by atoms with Crippen LogP contribution < -0.4 is 0 Å². The monoisotopic (exact) mass is 1070 g/mol. The van der Waals surface area contributed by atoms with Gasteiger partial charge in [-0.1, -0.05) is 101 Å². The molecule has 404 valence electrons. The molecule has 3 N–H and O–H groups in total. The van der Waals surface area contributed by atoms with Gasteiger partial charge in [0, 0.05) is 58.2 Å². The third kappa shape index (κ3) is 8.26. The van der Waals surface area contributed by atoms with E-state index in [9.17, 15) is 43.4 Å². The Morgan fingerprint density at radius 1 is 0.649 bits per heavy atom. The number of esters is 2. The Bertz CT molecular complexity index is 2430. The van der Waals surface area contributed by atoms with Gasteiger partial charge >= 0.3 is 11.9 Å². The normalized spacial score (nSPS) is 44.1. The molecular weight excluding hydrogens is 1010 g/mol. The van der Waals surface area contributed by atoms with E-state index in [-0.39, 0.29) is 74.2 Å². The molecule has 8 aliphatic rings. The maximum absolute atomic E-state index is 17.4. The second-order valence-electron chi connectivity index (χ2n) is 22.3. The molecule has 0 amide bonds. The van der Waals surface area contributed by atoms with E-state index in [0.717, 1.165) is 35.7 Å². The van der Waals surface area contributed by atoms with Crippen LogP contribution in [0.4, 0.5) is 22.0 Å². The van der Waals surface area contributed by atoms with E-state index >= 15 is 17.6 Å². The topological polar surface area (TPSA) is 182 Å². The van der Waals surface area contributed by atoms with E-state index in [2.05, 4.69) is 23.7 Å². The molecule has 0 aromatic heterocycles. The average molecular weight is 1080 g/mol. The van der Waals surface area contributed by atoms with Crippen LogP contribution in [0.3, 0.4) is 0 Å². The number of hydrogen-bond acceptors (Lipinski definition) is 13. The molecule has 6 saturated carbocycles. The predicted octanol–water partition coefficient (Wildman–Crippen LogP) is 7.97. The molecule has 11 nitrogen and oxygen atoms in total. The van der Waals surface area contributed by atoms with Crippen LogP contribution in [0.2, 0.25) is 0 Å². The molecule has 8 rings (SSSR count). The van der Waals surface area contributed by atoms with Crippen molar-refractivity contribution in [3.05, 3.63) is 47.6 Å². The number of ether oxygens (including phenoxy) is 2. The fraction of sp³-hybridized carbons (Fsp3) is 0.679. The van der Waals surface area contributed by atoms with Gasteiger partial charge in [0.2, 0.25) is 10.2 Å². The van der Waals surface area contributed by atoms with Crippen molar-refractivity contribution in [3.8, 4) is 23.7 Å². The van der Waals surface area contributed by atoms with Gasteiger partial charge in [0.1, 0.15) is 25.6 Å². The lowest BCUT2D eigenvalue weighted by molar-refractivity contribution is -0.228. The van der Waals surface area contributed by atoms with E-state index in [4.69, 9.17) is 14.6 Å². The first kappa shape index (κ1) is 57.6. The highest BCUT2D eigenvalue weighted by Crippen LogP contribution is 2.74. The number of carbonyl (C=O) groups excluding carboxylic acids is 6. The highest BCUT2D eigenvalue weighted by Gasteiger charge is 2.80. The van der Waals surface area contributed by atoms with Gasteiger partial charge in [-0.15, -0.1) is 0 Å². The minimum absolute atomic E-state index is 0.00541. The maximum atomic E-state index is 17.4. The van der Waals surface area contributed by atoms with Gasteiger partial charge in [0.05, 0.1) is 23.7 Å².